The first-order chi connectivity index (χ1) is 23.2. The predicted molar refractivity (Wildman–Crippen MR) is 185 cm³/mol. The lowest BCUT2D eigenvalue weighted by atomic mass is 10.0. The molecule has 0 radical (unpaired) electrons. The van der Waals surface area contributed by atoms with E-state index in [-0.39, 0.29) is 47.9 Å². The number of hydrogen-bond donors (Lipinski definition) is 1. The highest BCUT2D eigenvalue weighted by molar-refractivity contribution is 7.92. The lowest BCUT2D eigenvalue weighted by Gasteiger charge is -2.34. The average Bonchev–Trinajstić information content (AvgIpc) is 3.60. The summed E-state index contributed by atoms with van der Waals surface area (Å²) in [6.45, 7) is 1.34. The molecule has 0 saturated heterocycles. The van der Waals surface area contributed by atoms with Crippen molar-refractivity contribution in [2.45, 2.75) is 62.6 Å². The number of nitrogens with zero attached hydrogens (tertiary/aromatic N) is 2. The highest BCUT2D eigenvalue weighted by Gasteiger charge is 2.36. The zero-order valence-corrected chi connectivity index (χ0v) is 28.3. The Labute approximate surface area is 286 Å². The van der Waals surface area contributed by atoms with Crippen LogP contribution in [0.15, 0.2) is 108 Å². The molecular formula is C37H39ClFN3O5S. The number of anilines is 1. The van der Waals surface area contributed by atoms with Crippen molar-refractivity contribution in [2.24, 2.45) is 0 Å². The van der Waals surface area contributed by atoms with Gasteiger partial charge < -0.3 is 15.0 Å². The molecular weight excluding hydrogens is 653 g/mol. The molecule has 1 N–H and O–H groups in total. The lowest BCUT2D eigenvalue weighted by Crippen LogP contribution is -2.54. The molecule has 1 unspecified atom stereocenters. The van der Waals surface area contributed by atoms with Gasteiger partial charge in [-0.05, 0) is 79.4 Å². The number of sulfonamides is 1. The van der Waals surface area contributed by atoms with Crippen molar-refractivity contribution in [2.75, 3.05) is 17.5 Å². The molecule has 2 amide bonds. The molecule has 1 atom stereocenters. The first-order valence-electron chi connectivity index (χ1n) is 16.0. The molecule has 48 heavy (non-hydrogen) atoms. The second-order valence-corrected chi connectivity index (χ2v) is 14.0. The van der Waals surface area contributed by atoms with Crippen LogP contribution in [-0.2, 0) is 32.6 Å². The molecule has 0 aromatic heterocycles. The van der Waals surface area contributed by atoms with Gasteiger partial charge >= 0.3 is 0 Å². The van der Waals surface area contributed by atoms with E-state index in [1.807, 2.05) is 30.3 Å². The van der Waals surface area contributed by atoms with Gasteiger partial charge in [0.1, 0.15) is 24.2 Å². The summed E-state index contributed by atoms with van der Waals surface area (Å²) in [5.41, 5.74) is 1.58. The fourth-order valence-corrected chi connectivity index (χ4v) is 7.45. The number of ether oxygens (including phenoxy) is 1. The van der Waals surface area contributed by atoms with Crippen molar-refractivity contribution >= 4 is 39.1 Å². The monoisotopic (exact) mass is 691 g/mol. The molecule has 1 saturated carbocycles. The number of carbonyl (C=O) groups is 2. The van der Waals surface area contributed by atoms with E-state index in [1.54, 1.807) is 43.3 Å². The topological polar surface area (TPSA) is 96.0 Å². The van der Waals surface area contributed by atoms with Crippen LogP contribution in [0.25, 0.3) is 0 Å². The van der Waals surface area contributed by atoms with Crippen molar-refractivity contribution in [1.82, 2.24) is 10.2 Å². The minimum Gasteiger partial charge on any atom is -0.492 e. The van der Waals surface area contributed by atoms with E-state index in [4.69, 9.17) is 16.3 Å². The van der Waals surface area contributed by atoms with Crippen LogP contribution >= 0.6 is 11.6 Å². The number of para-hydroxylation sites is 2. The summed E-state index contributed by atoms with van der Waals surface area (Å²) in [6.07, 6.45) is 3.88. The van der Waals surface area contributed by atoms with Crippen LogP contribution in [0.5, 0.6) is 5.75 Å². The van der Waals surface area contributed by atoms with E-state index in [0.717, 1.165) is 35.6 Å². The summed E-state index contributed by atoms with van der Waals surface area (Å²) >= 11 is 6.08. The maximum Gasteiger partial charge on any atom is 0.264 e. The smallest absolute Gasteiger partial charge is 0.264 e. The molecule has 11 heteroatoms. The zero-order valence-electron chi connectivity index (χ0n) is 26.7. The highest BCUT2D eigenvalue weighted by Crippen LogP contribution is 2.33. The van der Waals surface area contributed by atoms with Crippen molar-refractivity contribution in [1.29, 1.82) is 0 Å². The summed E-state index contributed by atoms with van der Waals surface area (Å²) in [5, 5.41) is 3.50. The van der Waals surface area contributed by atoms with Crippen LogP contribution in [0, 0.1) is 5.82 Å². The van der Waals surface area contributed by atoms with Gasteiger partial charge in [-0.15, -0.1) is 0 Å². The molecule has 4 aromatic rings. The summed E-state index contributed by atoms with van der Waals surface area (Å²) in [5.74, 6) is -1.12. The minimum atomic E-state index is -4.35. The van der Waals surface area contributed by atoms with Gasteiger partial charge in [-0.1, -0.05) is 79.0 Å². The third-order valence-corrected chi connectivity index (χ3v) is 10.4. The number of benzene rings is 4. The Balaban J connectivity index is 1.59. The zero-order chi connectivity index (χ0) is 34.1. The van der Waals surface area contributed by atoms with Crippen LogP contribution in [-0.4, -0.2) is 50.4 Å². The minimum absolute atomic E-state index is 0.0154. The molecule has 0 aliphatic heterocycles. The second-order valence-electron chi connectivity index (χ2n) is 11.7. The van der Waals surface area contributed by atoms with Gasteiger partial charge in [-0.25, -0.2) is 12.8 Å². The Morgan fingerprint density at radius 1 is 0.896 bits per heavy atom. The first kappa shape index (κ1) is 34.9. The Hall–Kier alpha value is -4.41. The van der Waals surface area contributed by atoms with Gasteiger partial charge in [0.25, 0.3) is 10.0 Å². The fourth-order valence-electron chi connectivity index (χ4n) is 5.90. The molecule has 1 fully saturated rings. The predicted octanol–water partition coefficient (Wildman–Crippen LogP) is 6.77. The second kappa shape index (κ2) is 16.1. The molecule has 4 aromatic carbocycles. The largest absolute Gasteiger partial charge is 0.492 e. The third kappa shape index (κ3) is 8.73. The van der Waals surface area contributed by atoms with Gasteiger partial charge in [-0.2, -0.15) is 0 Å². The molecule has 252 valence electrons. The third-order valence-electron chi connectivity index (χ3n) is 8.35. The van der Waals surface area contributed by atoms with Crippen LogP contribution in [0.2, 0.25) is 5.02 Å². The Kier molecular flexibility index (Phi) is 11.7. The van der Waals surface area contributed by atoms with Crippen molar-refractivity contribution in [3.63, 3.8) is 0 Å². The Bertz CT molecular complexity index is 1780. The molecule has 5 rings (SSSR count). The average molecular weight is 692 g/mol. The lowest BCUT2D eigenvalue weighted by molar-refractivity contribution is -0.140. The normalized spacial score (nSPS) is 13.9. The van der Waals surface area contributed by atoms with Crippen molar-refractivity contribution in [3.05, 3.63) is 125 Å². The van der Waals surface area contributed by atoms with Crippen molar-refractivity contribution in [3.8, 4) is 5.75 Å². The summed E-state index contributed by atoms with van der Waals surface area (Å²) in [7, 11) is -4.35. The summed E-state index contributed by atoms with van der Waals surface area (Å²) in [6, 6.07) is 26.3. The summed E-state index contributed by atoms with van der Waals surface area (Å²) in [4.78, 5) is 30.1. The Morgan fingerprint density at radius 3 is 2.21 bits per heavy atom. The molecule has 0 heterocycles. The van der Waals surface area contributed by atoms with Gasteiger partial charge in [0, 0.05) is 24.0 Å². The van der Waals surface area contributed by atoms with E-state index in [9.17, 15) is 22.4 Å². The number of amides is 2. The van der Waals surface area contributed by atoms with E-state index in [2.05, 4.69) is 5.32 Å². The Morgan fingerprint density at radius 2 is 1.54 bits per heavy atom. The maximum atomic E-state index is 14.7. The number of nitrogens with one attached hydrogen (secondary N) is 1. The van der Waals surface area contributed by atoms with E-state index in [1.165, 1.54) is 41.3 Å². The first-order valence-corrected chi connectivity index (χ1v) is 17.9. The van der Waals surface area contributed by atoms with E-state index in [0.29, 0.717) is 10.6 Å². The quantitative estimate of drug-likeness (QED) is 0.158. The van der Waals surface area contributed by atoms with Gasteiger partial charge in [-0.3, -0.25) is 13.9 Å². The molecule has 1 aliphatic rings. The number of hydrogen-bond acceptors (Lipinski definition) is 5. The van der Waals surface area contributed by atoms with Gasteiger partial charge in [0.2, 0.25) is 11.8 Å². The molecule has 1 aliphatic carbocycles. The van der Waals surface area contributed by atoms with E-state index < -0.39 is 34.3 Å². The number of carbonyl (C=O) groups excluding carboxylic acids is 2. The highest BCUT2D eigenvalue weighted by atomic mass is 35.5. The van der Waals surface area contributed by atoms with Gasteiger partial charge in [0.05, 0.1) is 17.2 Å². The molecule has 0 bridgehead atoms. The summed E-state index contributed by atoms with van der Waals surface area (Å²) < 4.78 is 49.4. The van der Waals surface area contributed by atoms with Crippen LogP contribution in [0.1, 0.15) is 43.7 Å². The number of rotatable bonds is 14. The fraction of sp³-hybridized carbons (Fsp3) is 0.297. The SMILES string of the molecule is CCOc1ccccc1N(CC(=O)N(Cc1ccc(F)cc1)C(Cc1ccccc1)C(=O)NC1CCCC1)S(=O)(=O)c1ccc(Cl)cc1. The standard InChI is InChI=1S/C37H39ClFN3O5S/c1-2-47-35-15-9-8-14-33(35)42(48(45,46)32-22-18-29(38)19-23-32)26-36(43)41(25-28-16-20-30(39)21-17-28)34(24-27-10-4-3-5-11-27)37(44)40-31-12-6-7-13-31/h3-5,8-11,14-23,31,34H,2,6-7,12-13,24-26H2,1H3,(H,40,44). The molecule has 0 spiro atoms. The van der Waals surface area contributed by atoms with Crippen LogP contribution in [0.3, 0.4) is 0 Å². The van der Waals surface area contributed by atoms with Crippen LogP contribution in [0.4, 0.5) is 10.1 Å². The number of halogens is 2. The maximum absolute atomic E-state index is 14.7. The van der Waals surface area contributed by atoms with Crippen molar-refractivity contribution < 1.29 is 27.1 Å². The van der Waals surface area contributed by atoms with Crippen LogP contribution < -0.4 is 14.4 Å². The van der Waals surface area contributed by atoms with E-state index >= 15 is 0 Å². The molecule has 8 nitrogen and oxygen atoms in total. The van der Waals surface area contributed by atoms with Gasteiger partial charge in [0.15, 0.2) is 0 Å².